The van der Waals surface area contributed by atoms with E-state index in [0.717, 1.165) is 41.7 Å². The Hall–Kier alpha value is -3.23. The first kappa shape index (κ1) is 18.1. The topological polar surface area (TPSA) is 85.0 Å². The van der Waals surface area contributed by atoms with E-state index in [2.05, 4.69) is 25.1 Å². The molecule has 0 unspecified atom stereocenters. The van der Waals surface area contributed by atoms with E-state index in [-0.39, 0.29) is 5.91 Å². The van der Waals surface area contributed by atoms with Crippen molar-refractivity contribution in [2.75, 3.05) is 31.1 Å². The van der Waals surface area contributed by atoms with Gasteiger partial charge in [0.05, 0.1) is 11.3 Å². The fraction of sp³-hybridized carbons (Fsp3) is 0.421. The highest BCUT2D eigenvalue weighted by Gasteiger charge is 2.27. The van der Waals surface area contributed by atoms with Gasteiger partial charge in [0.2, 0.25) is 0 Å². The van der Waals surface area contributed by atoms with Gasteiger partial charge in [0.25, 0.3) is 5.91 Å². The zero-order chi connectivity index (χ0) is 19.8. The van der Waals surface area contributed by atoms with Crippen LogP contribution in [-0.4, -0.2) is 66.5 Å². The quantitative estimate of drug-likeness (QED) is 0.681. The number of aromatic nitrogens is 6. The minimum absolute atomic E-state index is 0.0545. The number of carbonyl (C=O) groups excluding carboxylic acids is 1. The summed E-state index contributed by atoms with van der Waals surface area (Å²) in [6, 6.07) is 3.80. The summed E-state index contributed by atoms with van der Waals surface area (Å²) in [5, 5.41) is 8.61. The van der Waals surface area contributed by atoms with Gasteiger partial charge in [0, 0.05) is 57.4 Å². The second kappa shape index (κ2) is 7.06. The molecule has 4 rings (SSSR count). The van der Waals surface area contributed by atoms with Gasteiger partial charge < -0.3 is 9.80 Å². The molecule has 0 aliphatic carbocycles. The smallest absolute Gasteiger partial charge is 0.257 e. The average Bonchev–Trinajstić information content (AvgIpc) is 3.30. The Kier molecular flexibility index (Phi) is 4.58. The van der Waals surface area contributed by atoms with Gasteiger partial charge >= 0.3 is 0 Å². The van der Waals surface area contributed by atoms with Gasteiger partial charge in [-0.25, -0.2) is 14.6 Å². The molecule has 4 heterocycles. The van der Waals surface area contributed by atoms with Crippen LogP contribution in [0.2, 0.25) is 0 Å². The Balaban J connectivity index is 1.49. The van der Waals surface area contributed by atoms with E-state index in [4.69, 9.17) is 0 Å². The third kappa shape index (κ3) is 3.23. The van der Waals surface area contributed by atoms with Crippen molar-refractivity contribution in [3.8, 4) is 5.82 Å². The normalized spacial score (nSPS) is 14.6. The number of rotatable bonds is 3. The van der Waals surface area contributed by atoms with E-state index < -0.39 is 0 Å². The lowest BCUT2D eigenvalue weighted by Gasteiger charge is -2.35. The molecular formula is C19H24N8O. The van der Waals surface area contributed by atoms with E-state index in [1.165, 1.54) is 0 Å². The van der Waals surface area contributed by atoms with Crippen molar-refractivity contribution < 1.29 is 4.79 Å². The number of anilines is 1. The fourth-order valence-corrected chi connectivity index (χ4v) is 3.60. The Labute approximate surface area is 163 Å². The molecule has 0 aromatic carbocycles. The van der Waals surface area contributed by atoms with Crippen LogP contribution in [0.4, 0.5) is 5.82 Å². The second-order valence-electron chi connectivity index (χ2n) is 7.03. The van der Waals surface area contributed by atoms with Crippen molar-refractivity contribution >= 4 is 11.7 Å². The molecule has 9 heteroatoms. The highest BCUT2D eigenvalue weighted by Crippen LogP contribution is 2.20. The molecule has 0 spiro atoms. The van der Waals surface area contributed by atoms with Crippen LogP contribution in [0, 0.1) is 20.8 Å². The van der Waals surface area contributed by atoms with Crippen LogP contribution >= 0.6 is 0 Å². The second-order valence-corrected chi connectivity index (χ2v) is 7.03. The van der Waals surface area contributed by atoms with Crippen molar-refractivity contribution in [2.45, 2.75) is 20.8 Å². The minimum atomic E-state index is 0.0545. The molecule has 0 saturated carbocycles. The summed E-state index contributed by atoms with van der Waals surface area (Å²) >= 11 is 0. The maximum absolute atomic E-state index is 13.0. The van der Waals surface area contributed by atoms with E-state index in [1.807, 2.05) is 51.0 Å². The zero-order valence-corrected chi connectivity index (χ0v) is 16.6. The van der Waals surface area contributed by atoms with Gasteiger partial charge in [-0.15, -0.1) is 0 Å². The van der Waals surface area contributed by atoms with Gasteiger partial charge in [-0.3, -0.25) is 9.48 Å². The predicted molar refractivity (Wildman–Crippen MR) is 105 cm³/mol. The third-order valence-electron chi connectivity index (χ3n) is 5.16. The molecule has 3 aromatic rings. The Morgan fingerprint density at radius 1 is 1.04 bits per heavy atom. The van der Waals surface area contributed by atoms with E-state index in [9.17, 15) is 4.79 Å². The summed E-state index contributed by atoms with van der Waals surface area (Å²) in [6.45, 7) is 8.43. The summed E-state index contributed by atoms with van der Waals surface area (Å²) in [4.78, 5) is 26.1. The highest BCUT2D eigenvalue weighted by molar-refractivity contribution is 5.96. The molecule has 1 aliphatic heterocycles. The first-order chi connectivity index (χ1) is 13.4. The average molecular weight is 380 g/mol. The number of aryl methyl sites for hydroxylation is 3. The van der Waals surface area contributed by atoms with Crippen LogP contribution in [-0.2, 0) is 7.05 Å². The molecule has 1 aliphatic rings. The summed E-state index contributed by atoms with van der Waals surface area (Å²) in [6.07, 6.45) is 3.59. The van der Waals surface area contributed by atoms with E-state index >= 15 is 0 Å². The lowest BCUT2D eigenvalue weighted by molar-refractivity contribution is 0.0745. The van der Waals surface area contributed by atoms with Crippen LogP contribution in [0.15, 0.2) is 24.5 Å². The molecule has 0 radical (unpaired) electrons. The fourth-order valence-electron chi connectivity index (χ4n) is 3.60. The Morgan fingerprint density at radius 2 is 1.75 bits per heavy atom. The lowest BCUT2D eigenvalue weighted by atomic mass is 10.1. The summed E-state index contributed by atoms with van der Waals surface area (Å²) in [5.74, 6) is 2.36. The first-order valence-electron chi connectivity index (χ1n) is 9.34. The number of hydrogen-bond donors (Lipinski definition) is 0. The van der Waals surface area contributed by atoms with Gasteiger partial charge in [0.15, 0.2) is 5.82 Å². The Morgan fingerprint density at radius 3 is 2.36 bits per heavy atom. The molecular weight excluding hydrogens is 356 g/mol. The summed E-state index contributed by atoms with van der Waals surface area (Å²) in [7, 11) is 1.87. The van der Waals surface area contributed by atoms with Gasteiger partial charge in [-0.05, 0) is 26.8 Å². The number of amides is 1. The third-order valence-corrected chi connectivity index (χ3v) is 5.16. The molecule has 0 N–H and O–H groups in total. The van der Waals surface area contributed by atoms with Crippen LogP contribution in [0.3, 0.4) is 0 Å². The van der Waals surface area contributed by atoms with Crippen molar-refractivity contribution in [3.63, 3.8) is 0 Å². The van der Waals surface area contributed by atoms with Crippen molar-refractivity contribution in [1.82, 2.24) is 34.4 Å². The van der Waals surface area contributed by atoms with Gasteiger partial charge in [-0.1, -0.05) is 0 Å². The maximum Gasteiger partial charge on any atom is 0.257 e. The first-order valence-corrected chi connectivity index (χ1v) is 9.34. The minimum Gasteiger partial charge on any atom is -0.353 e. The van der Waals surface area contributed by atoms with Crippen molar-refractivity contribution in [3.05, 3.63) is 47.3 Å². The largest absolute Gasteiger partial charge is 0.353 e. The van der Waals surface area contributed by atoms with Gasteiger partial charge in [0.1, 0.15) is 11.6 Å². The lowest BCUT2D eigenvalue weighted by Crippen LogP contribution is -2.49. The van der Waals surface area contributed by atoms with E-state index in [1.54, 1.807) is 15.6 Å². The zero-order valence-electron chi connectivity index (χ0n) is 16.6. The molecule has 0 atom stereocenters. The molecule has 0 bridgehead atoms. The molecule has 1 amide bonds. The predicted octanol–water partition coefficient (Wildman–Crippen LogP) is 1.28. The molecule has 1 fully saturated rings. The molecule has 3 aromatic heterocycles. The molecule has 146 valence electrons. The van der Waals surface area contributed by atoms with Gasteiger partial charge in [-0.2, -0.15) is 10.2 Å². The maximum atomic E-state index is 13.0. The summed E-state index contributed by atoms with van der Waals surface area (Å²) < 4.78 is 3.49. The summed E-state index contributed by atoms with van der Waals surface area (Å²) in [5.41, 5.74) is 2.40. The standard InChI is InChI=1S/C19H24N8O/c1-13-18(14(2)24(4)23-13)19(28)26-10-8-25(9-11-26)16-12-17(22-15(3)21-16)27-7-5-6-20-27/h5-7,12H,8-11H2,1-4H3. The van der Waals surface area contributed by atoms with Crippen LogP contribution in [0.1, 0.15) is 27.6 Å². The number of hydrogen-bond acceptors (Lipinski definition) is 6. The van der Waals surface area contributed by atoms with Crippen LogP contribution < -0.4 is 4.90 Å². The molecule has 9 nitrogen and oxygen atoms in total. The van der Waals surface area contributed by atoms with Crippen molar-refractivity contribution in [2.24, 2.45) is 7.05 Å². The number of piperazine rings is 1. The number of carbonyl (C=O) groups is 1. The monoisotopic (exact) mass is 380 g/mol. The Bertz CT molecular complexity index is 999. The molecule has 1 saturated heterocycles. The SMILES string of the molecule is Cc1nc(N2CCN(C(=O)c3c(C)nn(C)c3C)CC2)cc(-n2cccn2)n1. The highest BCUT2D eigenvalue weighted by atomic mass is 16.2. The van der Waals surface area contributed by atoms with Crippen LogP contribution in [0.25, 0.3) is 5.82 Å². The number of nitrogens with zero attached hydrogens (tertiary/aromatic N) is 8. The molecule has 28 heavy (non-hydrogen) atoms. The van der Waals surface area contributed by atoms with Crippen LogP contribution in [0.5, 0.6) is 0 Å². The van der Waals surface area contributed by atoms with Crippen molar-refractivity contribution in [1.29, 1.82) is 0 Å². The van der Waals surface area contributed by atoms with E-state index in [0.29, 0.717) is 18.9 Å².